The molecule has 1 unspecified atom stereocenters. The van der Waals surface area contributed by atoms with E-state index in [4.69, 9.17) is 0 Å². The van der Waals surface area contributed by atoms with Crippen LogP contribution in [0.15, 0.2) is 6.07 Å². The Bertz CT molecular complexity index is 405. The summed E-state index contributed by atoms with van der Waals surface area (Å²) in [6.45, 7) is 2.19. The molecule has 2 rings (SSSR count). The van der Waals surface area contributed by atoms with Crippen molar-refractivity contribution >= 4 is 17.7 Å². The average molecular weight is 255 g/mol. The number of nitrogens with zero attached hydrogens (tertiary/aromatic N) is 2. The lowest BCUT2D eigenvalue weighted by molar-refractivity contribution is 0.0610. The third-order valence-corrected chi connectivity index (χ3v) is 4.24. The van der Waals surface area contributed by atoms with Gasteiger partial charge in [-0.25, -0.2) is 0 Å². The molecule has 1 aromatic heterocycles. The van der Waals surface area contributed by atoms with Crippen LogP contribution in [0.5, 0.6) is 0 Å². The largest absolute Gasteiger partial charge is 0.387 e. The smallest absolute Gasteiger partial charge is 0.271 e. The summed E-state index contributed by atoms with van der Waals surface area (Å²) >= 11 is 1.71. The van der Waals surface area contributed by atoms with E-state index >= 15 is 0 Å². The van der Waals surface area contributed by atoms with Gasteiger partial charge in [-0.2, -0.15) is 16.9 Å². The summed E-state index contributed by atoms with van der Waals surface area (Å²) in [4.78, 5) is 11.8. The second-order valence-corrected chi connectivity index (χ2v) is 5.61. The normalized spacial score (nSPS) is 23.9. The number of carbonyl (C=O) groups is 1. The van der Waals surface area contributed by atoms with Gasteiger partial charge in [-0.3, -0.25) is 9.48 Å². The maximum Gasteiger partial charge on any atom is 0.271 e. The van der Waals surface area contributed by atoms with Crippen LogP contribution in [0.1, 0.15) is 22.6 Å². The quantitative estimate of drug-likeness (QED) is 0.816. The molecule has 1 aliphatic rings. The van der Waals surface area contributed by atoms with Crippen LogP contribution in [0.2, 0.25) is 0 Å². The number of aryl methyl sites for hydroxylation is 2. The minimum Gasteiger partial charge on any atom is -0.387 e. The Morgan fingerprint density at radius 3 is 3.06 bits per heavy atom. The standard InChI is InChI=1S/C11H17N3O2S/c1-8-5-9(13-14(8)2)10(15)12-6-11(16)3-4-17-7-11/h5,16H,3-4,6-7H2,1-2H3,(H,12,15). The first-order valence-electron chi connectivity index (χ1n) is 5.59. The topological polar surface area (TPSA) is 67.2 Å². The van der Waals surface area contributed by atoms with E-state index < -0.39 is 5.60 Å². The molecular weight excluding hydrogens is 238 g/mol. The molecule has 2 N–H and O–H groups in total. The highest BCUT2D eigenvalue weighted by Gasteiger charge is 2.32. The van der Waals surface area contributed by atoms with Crippen LogP contribution >= 0.6 is 11.8 Å². The molecule has 94 valence electrons. The van der Waals surface area contributed by atoms with E-state index in [9.17, 15) is 9.90 Å². The molecule has 17 heavy (non-hydrogen) atoms. The van der Waals surface area contributed by atoms with Crippen LogP contribution in [-0.4, -0.2) is 44.4 Å². The van der Waals surface area contributed by atoms with Crippen molar-refractivity contribution in [1.82, 2.24) is 15.1 Å². The van der Waals surface area contributed by atoms with Gasteiger partial charge in [-0.15, -0.1) is 0 Å². The zero-order chi connectivity index (χ0) is 12.5. The molecule has 5 nitrogen and oxygen atoms in total. The number of hydrogen-bond donors (Lipinski definition) is 2. The minimum absolute atomic E-state index is 0.223. The summed E-state index contributed by atoms with van der Waals surface area (Å²) < 4.78 is 1.66. The number of aliphatic hydroxyl groups is 1. The van der Waals surface area contributed by atoms with Crippen LogP contribution in [0, 0.1) is 6.92 Å². The molecule has 1 aliphatic heterocycles. The van der Waals surface area contributed by atoms with E-state index in [-0.39, 0.29) is 5.91 Å². The molecule has 0 saturated carbocycles. The van der Waals surface area contributed by atoms with Crippen molar-refractivity contribution in [3.63, 3.8) is 0 Å². The number of amides is 1. The maximum absolute atomic E-state index is 11.8. The Balaban J connectivity index is 1.93. The number of aromatic nitrogens is 2. The molecule has 6 heteroatoms. The monoisotopic (exact) mass is 255 g/mol. The number of nitrogens with one attached hydrogen (secondary N) is 1. The second kappa shape index (κ2) is 4.70. The van der Waals surface area contributed by atoms with Gasteiger partial charge in [0.25, 0.3) is 5.91 Å². The van der Waals surface area contributed by atoms with Gasteiger partial charge in [-0.05, 0) is 25.2 Å². The Morgan fingerprint density at radius 2 is 2.53 bits per heavy atom. The zero-order valence-corrected chi connectivity index (χ0v) is 10.9. The fourth-order valence-corrected chi connectivity index (χ4v) is 3.04. The predicted octanol–water partition coefficient (Wildman–Crippen LogP) is 0.326. The maximum atomic E-state index is 11.8. The van der Waals surface area contributed by atoms with Crippen LogP contribution < -0.4 is 5.32 Å². The van der Waals surface area contributed by atoms with E-state index in [0.29, 0.717) is 18.0 Å². The summed E-state index contributed by atoms with van der Waals surface area (Å²) in [6.07, 6.45) is 0.735. The average Bonchev–Trinajstić information content (AvgIpc) is 2.85. The number of rotatable bonds is 3. The molecule has 0 aromatic carbocycles. The van der Waals surface area contributed by atoms with Gasteiger partial charge < -0.3 is 10.4 Å². The van der Waals surface area contributed by atoms with Gasteiger partial charge in [0.05, 0.1) is 5.60 Å². The Kier molecular flexibility index (Phi) is 3.44. The van der Waals surface area contributed by atoms with Crippen molar-refractivity contribution in [2.45, 2.75) is 18.9 Å². The van der Waals surface area contributed by atoms with E-state index in [2.05, 4.69) is 10.4 Å². The first kappa shape index (κ1) is 12.4. The first-order valence-corrected chi connectivity index (χ1v) is 6.75. The predicted molar refractivity (Wildman–Crippen MR) is 67.2 cm³/mol. The molecule has 1 amide bonds. The molecule has 1 fully saturated rings. The molecular formula is C11H17N3O2S. The summed E-state index contributed by atoms with van der Waals surface area (Å²) in [5.74, 6) is 1.42. The Labute approximate surface area is 105 Å². The molecule has 1 atom stereocenters. The second-order valence-electron chi connectivity index (χ2n) is 4.50. The Hall–Kier alpha value is -1.01. The number of thioether (sulfide) groups is 1. The lowest BCUT2D eigenvalue weighted by Gasteiger charge is -2.21. The van der Waals surface area contributed by atoms with Gasteiger partial charge in [-0.1, -0.05) is 0 Å². The van der Waals surface area contributed by atoms with E-state index in [0.717, 1.165) is 17.9 Å². The number of carbonyl (C=O) groups excluding carboxylic acids is 1. The van der Waals surface area contributed by atoms with Crippen LogP contribution in [0.3, 0.4) is 0 Å². The molecule has 1 saturated heterocycles. The van der Waals surface area contributed by atoms with Gasteiger partial charge in [0, 0.05) is 25.0 Å². The highest BCUT2D eigenvalue weighted by molar-refractivity contribution is 7.99. The molecule has 0 spiro atoms. The fourth-order valence-electron chi connectivity index (χ4n) is 1.74. The van der Waals surface area contributed by atoms with Gasteiger partial charge in [0.2, 0.25) is 0 Å². The molecule has 0 bridgehead atoms. The van der Waals surface area contributed by atoms with Crippen molar-refractivity contribution in [2.24, 2.45) is 7.05 Å². The van der Waals surface area contributed by atoms with Gasteiger partial charge >= 0.3 is 0 Å². The summed E-state index contributed by atoms with van der Waals surface area (Å²) in [5, 5.41) is 16.9. The highest BCUT2D eigenvalue weighted by Crippen LogP contribution is 2.26. The molecule has 0 radical (unpaired) electrons. The third-order valence-electron chi connectivity index (χ3n) is 3.01. The molecule has 0 aliphatic carbocycles. The summed E-state index contributed by atoms with van der Waals surface area (Å²) in [7, 11) is 1.80. The van der Waals surface area contributed by atoms with Crippen LogP contribution in [-0.2, 0) is 7.05 Å². The molecule has 2 heterocycles. The summed E-state index contributed by atoms with van der Waals surface area (Å²) in [6, 6.07) is 1.74. The van der Waals surface area contributed by atoms with Crippen molar-refractivity contribution < 1.29 is 9.90 Å². The van der Waals surface area contributed by atoms with Crippen molar-refractivity contribution in [1.29, 1.82) is 0 Å². The first-order chi connectivity index (χ1) is 8.00. The summed E-state index contributed by atoms with van der Waals surface area (Å²) in [5.41, 5.74) is 0.592. The third kappa shape index (κ3) is 2.81. The molecule has 1 aromatic rings. The van der Waals surface area contributed by atoms with Crippen LogP contribution in [0.25, 0.3) is 0 Å². The lowest BCUT2D eigenvalue weighted by atomic mass is 10.0. The highest BCUT2D eigenvalue weighted by atomic mass is 32.2. The van der Waals surface area contributed by atoms with Crippen LogP contribution in [0.4, 0.5) is 0 Å². The van der Waals surface area contributed by atoms with Gasteiger partial charge in [0.1, 0.15) is 5.69 Å². The van der Waals surface area contributed by atoms with Crippen molar-refractivity contribution in [2.75, 3.05) is 18.1 Å². The van der Waals surface area contributed by atoms with Gasteiger partial charge in [0.15, 0.2) is 0 Å². The number of hydrogen-bond acceptors (Lipinski definition) is 4. The van der Waals surface area contributed by atoms with E-state index in [1.165, 1.54) is 0 Å². The SMILES string of the molecule is Cc1cc(C(=O)NCC2(O)CCSC2)nn1C. The van der Waals surface area contributed by atoms with E-state index in [1.807, 2.05) is 6.92 Å². The fraction of sp³-hybridized carbons (Fsp3) is 0.636. The Morgan fingerprint density at radius 1 is 1.76 bits per heavy atom. The minimum atomic E-state index is -0.746. The zero-order valence-electron chi connectivity index (χ0n) is 10.1. The lowest BCUT2D eigenvalue weighted by Crippen LogP contribution is -2.43. The van der Waals surface area contributed by atoms with Crippen molar-refractivity contribution in [3.8, 4) is 0 Å². The van der Waals surface area contributed by atoms with E-state index in [1.54, 1.807) is 29.6 Å². The van der Waals surface area contributed by atoms with Crippen molar-refractivity contribution in [3.05, 3.63) is 17.5 Å².